The first-order valence-corrected chi connectivity index (χ1v) is 7.31. The van der Waals surface area contributed by atoms with E-state index >= 15 is 0 Å². The van der Waals surface area contributed by atoms with Crippen molar-refractivity contribution in [1.29, 1.82) is 0 Å². The van der Waals surface area contributed by atoms with E-state index in [0.717, 1.165) is 0 Å². The van der Waals surface area contributed by atoms with Gasteiger partial charge in [-0.3, -0.25) is 9.69 Å². The molecular weight excluding hydrogens is 343 g/mol. The minimum absolute atomic E-state index is 0.0105. The van der Waals surface area contributed by atoms with Gasteiger partial charge < -0.3 is 20.3 Å². The monoisotopic (exact) mass is 357 g/mol. The van der Waals surface area contributed by atoms with Gasteiger partial charge in [0.05, 0.1) is 5.69 Å². The summed E-state index contributed by atoms with van der Waals surface area (Å²) in [7, 11) is 0. The molecule has 0 bridgehead atoms. The number of nitrogens with one attached hydrogen (secondary N) is 1. The number of halogens is 3. The molecule has 1 aliphatic heterocycles. The fraction of sp³-hybridized carbons (Fsp3) is 0.333. The van der Waals surface area contributed by atoms with Crippen LogP contribution in [0.4, 0.5) is 13.2 Å². The lowest BCUT2D eigenvalue weighted by Crippen LogP contribution is -2.36. The fourth-order valence-electron chi connectivity index (χ4n) is 2.74. The summed E-state index contributed by atoms with van der Waals surface area (Å²) in [6.45, 7) is 0.461. The maximum absolute atomic E-state index is 12.8. The molecule has 0 aliphatic carbocycles. The smallest absolute Gasteiger partial charge is 0.449 e. The average Bonchev–Trinajstić information content (AvgIpc) is 2.54. The van der Waals surface area contributed by atoms with Crippen molar-refractivity contribution in [2.45, 2.75) is 25.7 Å². The molecule has 0 atom stereocenters. The average molecular weight is 357 g/mol. The molecule has 25 heavy (non-hydrogen) atoms. The van der Waals surface area contributed by atoms with Gasteiger partial charge in [-0.05, 0) is 12.5 Å². The third kappa shape index (κ3) is 3.25. The number of aromatic amines is 1. The van der Waals surface area contributed by atoms with E-state index in [2.05, 4.69) is 4.98 Å². The first-order chi connectivity index (χ1) is 11.7. The van der Waals surface area contributed by atoms with E-state index < -0.39 is 34.8 Å². The highest BCUT2D eigenvalue weighted by atomic mass is 19.4. The number of phenolic OH excluding ortho intramolecular Hbond substituents is 3. The Morgan fingerprint density at radius 3 is 2.60 bits per heavy atom. The predicted molar refractivity (Wildman–Crippen MR) is 79.1 cm³/mol. The minimum atomic E-state index is -4.75. The molecule has 7 nitrogen and oxygen atoms in total. The zero-order chi connectivity index (χ0) is 18.4. The summed E-state index contributed by atoms with van der Waals surface area (Å²) in [6, 6.07) is 2.60. The van der Waals surface area contributed by atoms with Gasteiger partial charge in [0.1, 0.15) is 0 Å². The molecule has 1 aromatic carbocycles. The second-order valence-electron chi connectivity index (χ2n) is 5.74. The van der Waals surface area contributed by atoms with E-state index in [1.807, 2.05) is 0 Å². The van der Waals surface area contributed by atoms with Gasteiger partial charge in [-0.1, -0.05) is 6.07 Å². The molecule has 2 heterocycles. The normalized spacial score (nSPS) is 15.2. The summed E-state index contributed by atoms with van der Waals surface area (Å²) >= 11 is 0. The van der Waals surface area contributed by atoms with Crippen LogP contribution in [0.5, 0.6) is 17.2 Å². The number of hydrogen-bond acceptors (Lipinski definition) is 6. The minimum Gasteiger partial charge on any atom is -0.504 e. The van der Waals surface area contributed by atoms with Crippen molar-refractivity contribution in [3.8, 4) is 17.2 Å². The van der Waals surface area contributed by atoms with E-state index in [9.17, 15) is 33.3 Å². The third-order valence-electron chi connectivity index (χ3n) is 4.03. The lowest BCUT2D eigenvalue weighted by atomic mass is 10.0. The lowest BCUT2D eigenvalue weighted by Gasteiger charge is -2.28. The molecule has 0 saturated carbocycles. The number of alkyl halides is 3. The number of aromatic hydroxyl groups is 3. The van der Waals surface area contributed by atoms with Crippen LogP contribution in [-0.4, -0.2) is 36.7 Å². The first-order valence-electron chi connectivity index (χ1n) is 7.31. The molecule has 1 aliphatic rings. The largest absolute Gasteiger partial charge is 0.504 e. The van der Waals surface area contributed by atoms with Crippen LogP contribution < -0.4 is 5.56 Å². The number of aromatic nitrogens is 2. The summed E-state index contributed by atoms with van der Waals surface area (Å²) in [5, 5.41) is 28.7. The van der Waals surface area contributed by atoms with E-state index in [-0.39, 0.29) is 30.8 Å². The van der Waals surface area contributed by atoms with Crippen molar-refractivity contribution >= 4 is 0 Å². The van der Waals surface area contributed by atoms with Crippen LogP contribution in [0.25, 0.3) is 0 Å². The van der Waals surface area contributed by atoms with Crippen LogP contribution in [0.2, 0.25) is 0 Å². The lowest BCUT2D eigenvalue weighted by molar-refractivity contribution is -0.145. The Hall–Kier alpha value is -2.75. The van der Waals surface area contributed by atoms with Crippen LogP contribution in [0.1, 0.15) is 22.6 Å². The zero-order valence-corrected chi connectivity index (χ0v) is 12.8. The van der Waals surface area contributed by atoms with Crippen LogP contribution in [0.15, 0.2) is 16.9 Å². The molecule has 134 valence electrons. The molecule has 0 fully saturated rings. The highest BCUT2D eigenvalue weighted by molar-refractivity contribution is 5.53. The van der Waals surface area contributed by atoms with Gasteiger partial charge in [0.15, 0.2) is 11.5 Å². The van der Waals surface area contributed by atoms with Crippen LogP contribution in [0.3, 0.4) is 0 Å². The number of nitrogens with zero attached hydrogens (tertiary/aromatic N) is 2. The van der Waals surface area contributed by atoms with Gasteiger partial charge in [-0.2, -0.15) is 13.2 Å². The predicted octanol–water partition coefficient (Wildman–Crippen LogP) is 1.46. The van der Waals surface area contributed by atoms with Crippen molar-refractivity contribution < 1.29 is 28.5 Å². The number of rotatable bonds is 2. The molecule has 0 radical (unpaired) electrons. The maximum atomic E-state index is 12.8. The van der Waals surface area contributed by atoms with Gasteiger partial charge in [-0.25, -0.2) is 4.98 Å². The van der Waals surface area contributed by atoms with Gasteiger partial charge in [0.25, 0.3) is 5.56 Å². The van der Waals surface area contributed by atoms with E-state index in [4.69, 9.17) is 0 Å². The molecule has 3 rings (SSSR count). The number of phenols is 3. The topological polar surface area (TPSA) is 110 Å². The second kappa shape index (κ2) is 5.96. The van der Waals surface area contributed by atoms with Crippen LogP contribution in [0, 0.1) is 0 Å². The molecule has 0 saturated heterocycles. The summed E-state index contributed by atoms with van der Waals surface area (Å²) < 4.78 is 38.4. The van der Waals surface area contributed by atoms with E-state index in [1.54, 1.807) is 9.88 Å². The number of H-pyrrole nitrogens is 1. The van der Waals surface area contributed by atoms with Crippen molar-refractivity contribution in [3.05, 3.63) is 45.1 Å². The zero-order valence-electron chi connectivity index (χ0n) is 12.8. The summed E-state index contributed by atoms with van der Waals surface area (Å²) in [4.78, 5) is 18.8. The number of benzene rings is 1. The highest BCUT2D eigenvalue weighted by Gasteiger charge is 2.36. The Kier molecular flexibility index (Phi) is 4.07. The maximum Gasteiger partial charge on any atom is 0.449 e. The molecule has 4 N–H and O–H groups in total. The Morgan fingerprint density at radius 1 is 1.20 bits per heavy atom. The van der Waals surface area contributed by atoms with Crippen LogP contribution >= 0.6 is 0 Å². The SMILES string of the molecule is O=c1[nH]c(C(F)(F)F)nc2c1CCN(Cc1ccc(O)c(O)c1O)C2. The van der Waals surface area contributed by atoms with Crippen molar-refractivity contribution in [3.63, 3.8) is 0 Å². The molecule has 0 amide bonds. The highest BCUT2D eigenvalue weighted by Crippen LogP contribution is 2.37. The van der Waals surface area contributed by atoms with Gasteiger partial charge in [-0.15, -0.1) is 0 Å². The Labute approximate surface area is 139 Å². The van der Waals surface area contributed by atoms with Gasteiger partial charge in [0.2, 0.25) is 11.6 Å². The Bertz CT molecular complexity index is 880. The molecule has 2 aromatic rings. The standard InChI is InChI=1S/C15H14F3N3O4/c16-15(17,18)14-19-9-6-21(4-3-8(9)13(25)20-14)5-7-1-2-10(22)12(24)11(7)23/h1-2,22-24H,3-6H2,(H,19,20,25). The van der Waals surface area contributed by atoms with Crippen LogP contribution in [-0.2, 0) is 25.7 Å². The van der Waals surface area contributed by atoms with E-state index in [0.29, 0.717) is 12.1 Å². The number of fused-ring (bicyclic) bond motifs is 1. The van der Waals surface area contributed by atoms with Gasteiger partial charge >= 0.3 is 6.18 Å². The molecule has 0 unspecified atom stereocenters. The van der Waals surface area contributed by atoms with Crippen molar-refractivity contribution in [2.75, 3.05) is 6.54 Å². The van der Waals surface area contributed by atoms with E-state index in [1.165, 1.54) is 12.1 Å². The third-order valence-corrected chi connectivity index (χ3v) is 4.03. The summed E-state index contributed by atoms with van der Waals surface area (Å²) in [6.07, 6.45) is -4.54. The molecule has 0 spiro atoms. The quantitative estimate of drug-likeness (QED) is 0.606. The number of hydrogen-bond donors (Lipinski definition) is 4. The molecule has 10 heteroatoms. The summed E-state index contributed by atoms with van der Waals surface area (Å²) in [5.74, 6) is -2.99. The van der Waals surface area contributed by atoms with Crippen molar-refractivity contribution in [2.24, 2.45) is 0 Å². The Morgan fingerprint density at radius 2 is 1.92 bits per heavy atom. The van der Waals surface area contributed by atoms with Gasteiger partial charge in [0, 0.05) is 30.8 Å². The summed E-state index contributed by atoms with van der Waals surface area (Å²) in [5.41, 5.74) is -0.270. The second-order valence-corrected chi connectivity index (χ2v) is 5.74. The van der Waals surface area contributed by atoms with Crippen molar-refractivity contribution in [1.82, 2.24) is 14.9 Å². The first kappa shape index (κ1) is 17.1. The fourth-order valence-corrected chi connectivity index (χ4v) is 2.74. The Balaban J connectivity index is 1.87. The molecular formula is C15H14F3N3O4. The molecule has 1 aromatic heterocycles.